The van der Waals surface area contributed by atoms with Crippen LogP contribution in [0.4, 0.5) is 0 Å². The van der Waals surface area contributed by atoms with Crippen molar-refractivity contribution in [3.8, 4) is 0 Å². The van der Waals surface area contributed by atoms with E-state index >= 15 is 0 Å². The molecule has 2 atom stereocenters. The molecule has 118 valence electrons. The standard InChI is InChI=1S/C15H21ClINO3/c1-11(14(19)20)9-18(16)15(2,3)10-21-13(17)12-7-5-4-6-8-12/h4-8,11,13H,9-10H2,1-3H3,(H,19,20). The fraction of sp³-hybridized carbons (Fsp3) is 0.533. The number of carbonyl (C=O) groups is 1. The van der Waals surface area contributed by atoms with Gasteiger partial charge in [0.25, 0.3) is 0 Å². The Labute approximate surface area is 144 Å². The Morgan fingerprint density at radius 3 is 2.52 bits per heavy atom. The van der Waals surface area contributed by atoms with Crippen LogP contribution in [0.3, 0.4) is 0 Å². The Balaban J connectivity index is 2.53. The summed E-state index contributed by atoms with van der Waals surface area (Å²) in [5.74, 6) is -1.38. The minimum atomic E-state index is -0.853. The fourth-order valence-electron chi connectivity index (χ4n) is 1.61. The number of carboxylic acids is 1. The first-order chi connectivity index (χ1) is 9.74. The highest BCUT2D eigenvalue weighted by molar-refractivity contribution is 14.1. The number of benzene rings is 1. The van der Waals surface area contributed by atoms with E-state index in [0.717, 1.165) is 5.56 Å². The van der Waals surface area contributed by atoms with Crippen LogP contribution in [0.5, 0.6) is 0 Å². The van der Waals surface area contributed by atoms with Gasteiger partial charge in [0, 0.05) is 6.54 Å². The van der Waals surface area contributed by atoms with Gasteiger partial charge in [-0.05, 0) is 53.8 Å². The molecule has 1 rings (SSSR count). The van der Waals surface area contributed by atoms with Crippen LogP contribution < -0.4 is 0 Å². The van der Waals surface area contributed by atoms with Crippen LogP contribution in [-0.2, 0) is 9.53 Å². The highest BCUT2D eigenvalue weighted by Crippen LogP contribution is 2.28. The van der Waals surface area contributed by atoms with Crippen molar-refractivity contribution < 1.29 is 14.6 Å². The molecule has 0 saturated carbocycles. The molecule has 0 amide bonds. The zero-order valence-electron chi connectivity index (χ0n) is 12.4. The first-order valence-electron chi connectivity index (χ1n) is 6.71. The van der Waals surface area contributed by atoms with Gasteiger partial charge < -0.3 is 9.84 Å². The van der Waals surface area contributed by atoms with Gasteiger partial charge in [0.05, 0.1) is 18.1 Å². The molecule has 6 heteroatoms. The van der Waals surface area contributed by atoms with Crippen LogP contribution in [0.15, 0.2) is 30.3 Å². The van der Waals surface area contributed by atoms with Gasteiger partial charge in [0.1, 0.15) is 4.11 Å². The lowest BCUT2D eigenvalue weighted by molar-refractivity contribution is -0.141. The van der Waals surface area contributed by atoms with E-state index in [1.165, 1.54) is 4.42 Å². The molecule has 1 aromatic carbocycles. The SMILES string of the molecule is CC(CN(Cl)C(C)(C)COC(I)c1ccccc1)C(=O)O. The predicted molar refractivity (Wildman–Crippen MR) is 92.6 cm³/mol. The van der Waals surface area contributed by atoms with Crippen molar-refractivity contribution in [3.63, 3.8) is 0 Å². The molecule has 0 radical (unpaired) electrons. The third-order valence-electron chi connectivity index (χ3n) is 3.16. The van der Waals surface area contributed by atoms with Gasteiger partial charge in [-0.2, -0.15) is 0 Å². The van der Waals surface area contributed by atoms with E-state index in [4.69, 9.17) is 21.6 Å². The van der Waals surface area contributed by atoms with Crippen LogP contribution in [0.25, 0.3) is 0 Å². The summed E-state index contributed by atoms with van der Waals surface area (Å²) >= 11 is 8.46. The number of hydrogen-bond acceptors (Lipinski definition) is 3. The van der Waals surface area contributed by atoms with Crippen molar-refractivity contribution in [2.45, 2.75) is 30.4 Å². The highest BCUT2D eigenvalue weighted by Gasteiger charge is 2.29. The van der Waals surface area contributed by atoms with Crippen LogP contribution in [0, 0.1) is 5.92 Å². The summed E-state index contributed by atoms with van der Waals surface area (Å²) in [7, 11) is 0. The van der Waals surface area contributed by atoms with Crippen LogP contribution >= 0.6 is 34.4 Å². The Morgan fingerprint density at radius 1 is 1.43 bits per heavy atom. The normalized spacial score (nSPS) is 15.0. The predicted octanol–water partition coefficient (Wildman–Crippen LogP) is 4.09. The molecule has 0 aromatic heterocycles. The van der Waals surface area contributed by atoms with Gasteiger partial charge in [-0.15, -0.1) is 0 Å². The minimum absolute atomic E-state index is 0.0648. The van der Waals surface area contributed by atoms with E-state index < -0.39 is 17.4 Å². The number of alkyl halides is 1. The van der Waals surface area contributed by atoms with Crippen molar-refractivity contribution in [1.82, 2.24) is 4.42 Å². The Hall–Kier alpha value is -0.370. The maximum Gasteiger partial charge on any atom is 0.307 e. The number of nitrogens with zero attached hydrogens (tertiary/aromatic N) is 1. The maximum atomic E-state index is 10.9. The summed E-state index contributed by atoms with van der Waals surface area (Å²) in [6.45, 7) is 6.18. The van der Waals surface area contributed by atoms with E-state index in [1.807, 2.05) is 44.2 Å². The van der Waals surface area contributed by atoms with Gasteiger partial charge >= 0.3 is 5.97 Å². The summed E-state index contributed by atoms with van der Waals surface area (Å²) in [5.41, 5.74) is 0.637. The molecule has 0 heterocycles. The van der Waals surface area contributed by atoms with E-state index in [9.17, 15) is 4.79 Å². The third kappa shape index (κ3) is 6.10. The number of rotatable bonds is 8. The van der Waals surface area contributed by atoms with Crippen LogP contribution in [-0.4, -0.2) is 34.2 Å². The Morgan fingerprint density at radius 2 is 2.00 bits per heavy atom. The van der Waals surface area contributed by atoms with E-state index in [-0.39, 0.29) is 10.7 Å². The monoisotopic (exact) mass is 425 g/mol. The largest absolute Gasteiger partial charge is 0.481 e. The van der Waals surface area contributed by atoms with Gasteiger partial charge in [-0.1, -0.05) is 37.3 Å². The smallest absolute Gasteiger partial charge is 0.307 e. The number of carboxylic acid groups (broad SMARTS) is 1. The molecule has 0 bridgehead atoms. The molecule has 0 spiro atoms. The van der Waals surface area contributed by atoms with Crippen LogP contribution in [0.2, 0.25) is 0 Å². The number of halogens is 2. The first-order valence-corrected chi connectivity index (χ1v) is 8.29. The minimum Gasteiger partial charge on any atom is -0.481 e. The lowest BCUT2D eigenvalue weighted by Gasteiger charge is -2.34. The summed E-state index contributed by atoms with van der Waals surface area (Å²) in [6, 6.07) is 9.92. The van der Waals surface area contributed by atoms with Crippen molar-refractivity contribution in [2.24, 2.45) is 5.92 Å². The summed E-state index contributed by atoms with van der Waals surface area (Å²) < 4.78 is 7.32. The van der Waals surface area contributed by atoms with Crippen molar-refractivity contribution in [2.75, 3.05) is 13.2 Å². The molecule has 1 aromatic rings. The first kappa shape index (κ1) is 18.7. The molecule has 0 aliphatic heterocycles. The van der Waals surface area contributed by atoms with Gasteiger partial charge in [0.15, 0.2) is 0 Å². The van der Waals surface area contributed by atoms with Gasteiger partial charge in [-0.3, -0.25) is 4.79 Å². The topological polar surface area (TPSA) is 49.8 Å². The van der Waals surface area contributed by atoms with E-state index in [1.54, 1.807) is 6.92 Å². The number of ether oxygens (including phenoxy) is 1. The van der Waals surface area contributed by atoms with Gasteiger partial charge in [0.2, 0.25) is 0 Å². The second kappa shape index (κ2) is 8.31. The fourth-order valence-corrected chi connectivity index (χ4v) is 2.46. The highest BCUT2D eigenvalue weighted by atomic mass is 127. The average molecular weight is 426 g/mol. The zero-order valence-corrected chi connectivity index (χ0v) is 15.3. The van der Waals surface area contributed by atoms with E-state index in [2.05, 4.69) is 22.6 Å². The van der Waals surface area contributed by atoms with Crippen molar-refractivity contribution in [1.29, 1.82) is 0 Å². The summed E-state index contributed by atoms with van der Waals surface area (Å²) in [4.78, 5) is 10.9. The molecule has 4 nitrogen and oxygen atoms in total. The average Bonchev–Trinajstić information content (AvgIpc) is 2.45. The molecule has 2 unspecified atom stereocenters. The number of aliphatic carboxylic acids is 1. The number of hydrogen-bond donors (Lipinski definition) is 1. The molecule has 0 saturated heterocycles. The molecule has 1 N–H and O–H groups in total. The molecule has 21 heavy (non-hydrogen) atoms. The Bertz CT molecular complexity index is 455. The third-order valence-corrected chi connectivity index (χ3v) is 4.83. The summed E-state index contributed by atoms with van der Waals surface area (Å²) in [5, 5.41) is 8.95. The molecular formula is C15H21ClINO3. The zero-order chi connectivity index (χ0) is 16.0. The Kier molecular flexibility index (Phi) is 7.39. The second-order valence-electron chi connectivity index (χ2n) is 5.63. The molecule has 0 aliphatic carbocycles. The van der Waals surface area contributed by atoms with Crippen molar-refractivity contribution in [3.05, 3.63) is 35.9 Å². The quantitative estimate of drug-likeness (QED) is 0.387. The molecule has 0 fully saturated rings. The lowest BCUT2D eigenvalue weighted by atomic mass is 10.1. The van der Waals surface area contributed by atoms with Crippen molar-refractivity contribution >= 4 is 40.3 Å². The van der Waals surface area contributed by atoms with E-state index in [0.29, 0.717) is 6.61 Å². The maximum absolute atomic E-state index is 10.9. The molecule has 0 aliphatic rings. The van der Waals surface area contributed by atoms with Gasteiger partial charge in [-0.25, -0.2) is 4.42 Å². The molecular weight excluding hydrogens is 405 g/mol. The second-order valence-corrected chi connectivity index (χ2v) is 7.17. The summed E-state index contributed by atoms with van der Waals surface area (Å²) in [6.07, 6.45) is 0. The van der Waals surface area contributed by atoms with Crippen LogP contribution in [0.1, 0.15) is 30.4 Å². The lowest BCUT2D eigenvalue weighted by Crippen LogP contribution is -2.44.